The maximum absolute atomic E-state index is 13.9. The van der Waals surface area contributed by atoms with Crippen LogP contribution >= 0.6 is 0 Å². The number of benzene rings is 3. The van der Waals surface area contributed by atoms with Crippen molar-refractivity contribution in [3.8, 4) is 0 Å². The number of amides is 2. The molecule has 2 amide bonds. The molecule has 3 aromatic carbocycles. The Morgan fingerprint density at radius 3 is 2.41 bits per heavy atom. The first kappa shape index (κ1) is 27.5. The average molecular weight is 531 g/mol. The quantitative estimate of drug-likeness (QED) is 0.329. The Kier molecular flexibility index (Phi) is 8.41. The van der Waals surface area contributed by atoms with Crippen LogP contribution < -0.4 is 15.5 Å². The number of hydrogen-bond acceptors (Lipinski definition) is 5. The van der Waals surface area contributed by atoms with Crippen molar-refractivity contribution in [2.24, 2.45) is 0 Å². The van der Waals surface area contributed by atoms with E-state index < -0.39 is 11.8 Å². The fourth-order valence-corrected chi connectivity index (χ4v) is 4.35. The molecule has 39 heavy (non-hydrogen) atoms. The fourth-order valence-electron chi connectivity index (χ4n) is 4.35. The number of nitrogens with one attached hydrogen (secondary N) is 2. The zero-order valence-corrected chi connectivity index (χ0v) is 22.1. The minimum Gasteiger partial charge on any atom is -0.481 e. The van der Waals surface area contributed by atoms with Crippen molar-refractivity contribution in [1.82, 2.24) is 4.90 Å². The lowest BCUT2D eigenvalue weighted by atomic mass is 9.97. The molecule has 0 bridgehead atoms. The van der Waals surface area contributed by atoms with Gasteiger partial charge in [0, 0.05) is 43.4 Å². The summed E-state index contributed by atoms with van der Waals surface area (Å²) in [6, 6.07) is 18.7. The molecule has 3 aromatic rings. The van der Waals surface area contributed by atoms with Gasteiger partial charge in [0.15, 0.2) is 0 Å². The van der Waals surface area contributed by atoms with Crippen molar-refractivity contribution in [3.05, 3.63) is 89.2 Å². The summed E-state index contributed by atoms with van der Waals surface area (Å²) in [5.41, 5.74) is 4.68. The predicted octanol–water partition coefficient (Wildman–Crippen LogP) is 4.69. The number of anilines is 3. The lowest BCUT2D eigenvalue weighted by Gasteiger charge is -2.20. The molecular weight excluding hydrogens is 499 g/mol. The van der Waals surface area contributed by atoms with Crippen LogP contribution in [-0.2, 0) is 20.8 Å². The molecule has 0 unspecified atom stereocenters. The second-order valence-electron chi connectivity index (χ2n) is 9.67. The van der Waals surface area contributed by atoms with Crippen LogP contribution in [-0.4, -0.2) is 55.5 Å². The minimum atomic E-state index is -0.895. The van der Waals surface area contributed by atoms with E-state index >= 15 is 0 Å². The number of fused-ring (bicyclic) bond motifs is 1. The van der Waals surface area contributed by atoms with Crippen molar-refractivity contribution < 1.29 is 23.9 Å². The summed E-state index contributed by atoms with van der Waals surface area (Å²) in [5.74, 6) is -1.73. The SMILES string of the molecule is CN(C)CCC(=O)N(C)c1ccc(N/C(=C2\C(=O)Nc3cc(F)ccc32)c2cccc(CCC(=O)O)c2)cc1. The normalized spacial score (nSPS) is 13.6. The summed E-state index contributed by atoms with van der Waals surface area (Å²) in [6.45, 7) is 0.651. The molecule has 0 atom stereocenters. The summed E-state index contributed by atoms with van der Waals surface area (Å²) in [4.78, 5) is 40.3. The molecule has 9 heteroatoms. The van der Waals surface area contributed by atoms with Crippen molar-refractivity contribution in [2.75, 3.05) is 43.2 Å². The van der Waals surface area contributed by atoms with Crippen LogP contribution in [0.4, 0.5) is 21.5 Å². The molecule has 0 saturated heterocycles. The van der Waals surface area contributed by atoms with Gasteiger partial charge < -0.3 is 25.5 Å². The maximum atomic E-state index is 13.9. The van der Waals surface area contributed by atoms with Gasteiger partial charge in [0.2, 0.25) is 5.91 Å². The van der Waals surface area contributed by atoms with Gasteiger partial charge in [0.05, 0.1) is 17.0 Å². The number of carbonyl (C=O) groups excluding carboxylic acids is 2. The number of carboxylic acids is 1. The number of halogens is 1. The third-order valence-electron chi connectivity index (χ3n) is 6.49. The number of aliphatic carboxylic acids is 1. The van der Waals surface area contributed by atoms with Gasteiger partial charge >= 0.3 is 5.97 Å². The Hall–Kier alpha value is -4.50. The van der Waals surface area contributed by atoms with Crippen LogP contribution in [0.25, 0.3) is 11.3 Å². The molecule has 202 valence electrons. The zero-order chi connectivity index (χ0) is 28.1. The van der Waals surface area contributed by atoms with Crippen molar-refractivity contribution in [1.29, 1.82) is 0 Å². The van der Waals surface area contributed by atoms with E-state index in [1.54, 1.807) is 18.0 Å². The molecule has 8 nitrogen and oxygen atoms in total. The van der Waals surface area contributed by atoms with Crippen molar-refractivity contribution >= 4 is 46.1 Å². The van der Waals surface area contributed by atoms with Gasteiger partial charge in [0.1, 0.15) is 5.82 Å². The number of nitrogens with zero attached hydrogens (tertiary/aromatic N) is 2. The van der Waals surface area contributed by atoms with Crippen LogP contribution in [0.15, 0.2) is 66.7 Å². The highest BCUT2D eigenvalue weighted by molar-refractivity contribution is 6.37. The summed E-state index contributed by atoms with van der Waals surface area (Å²) in [7, 11) is 5.57. The van der Waals surface area contributed by atoms with Crippen LogP contribution in [0.5, 0.6) is 0 Å². The highest BCUT2D eigenvalue weighted by Crippen LogP contribution is 2.38. The Balaban J connectivity index is 1.70. The van der Waals surface area contributed by atoms with Gasteiger partial charge in [0.25, 0.3) is 5.91 Å². The number of aryl methyl sites for hydroxylation is 1. The van der Waals surface area contributed by atoms with E-state index in [4.69, 9.17) is 5.11 Å². The lowest BCUT2D eigenvalue weighted by molar-refractivity contribution is -0.137. The molecular formula is C30H31FN4O4. The van der Waals surface area contributed by atoms with Crippen LogP contribution in [0.1, 0.15) is 29.5 Å². The Bertz CT molecular complexity index is 1430. The van der Waals surface area contributed by atoms with Gasteiger partial charge in [-0.25, -0.2) is 4.39 Å². The van der Waals surface area contributed by atoms with E-state index in [1.807, 2.05) is 67.5 Å². The number of rotatable bonds is 10. The topological polar surface area (TPSA) is 102 Å². The van der Waals surface area contributed by atoms with Gasteiger partial charge in [-0.15, -0.1) is 0 Å². The standard InChI is InChI=1S/C30H31FN4O4/c1-34(2)16-15-26(36)35(3)23-11-9-22(10-12-23)32-29(20-6-4-5-19(17-20)7-14-27(37)38)28-24-13-8-21(31)18-25(24)33-30(28)39/h4-6,8-13,17-18,32H,7,14-16H2,1-3H3,(H,33,39)(H,37,38)/b29-28-. The molecule has 4 rings (SSSR count). The fraction of sp³-hybridized carbons (Fsp3) is 0.233. The summed E-state index contributed by atoms with van der Waals surface area (Å²) in [6.07, 6.45) is 0.712. The molecule has 1 aliphatic heterocycles. The third-order valence-corrected chi connectivity index (χ3v) is 6.49. The molecule has 0 aromatic heterocycles. The summed E-state index contributed by atoms with van der Waals surface area (Å²) < 4.78 is 13.9. The summed E-state index contributed by atoms with van der Waals surface area (Å²) in [5, 5.41) is 15.2. The smallest absolute Gasteiger partial charge is 0.303 e. The van der Waals surface area contributed by atoms with E-state index in [-0.39, 0.29) is 18.2 Å². The number of carbonyl (C=O) groups is 3. The molecule has 0 spiro atoms. The number of carboxylic acid groups (broad SMARTS) is 1. The van der Waals surface area contributed by atoms with Gasteiger partial charge in [-0.3, -0.25) is 14.4 Å². The van der Waals surface area contributed by atoms with Crippen LogP contribution in [0, 0.1) is 5.82 Å². The first-order valence-electron chi connectivity index (χ1n) is 12.6. The number of hydrogen-bond donors (Lipinski definition) is 3. The second kappa shape index (κ2) is 11.9. The largest absolute Gasteiger partial charge is 0.481 e. The van der Waals surface area contributed by atoms with Gasteiger partial charge in [-0.2, -0.15) is 0 Å². The van der Waals surface area contributed by atoms with E-state index in [1.165, 1.54) is 12.1 Å². The molecule has 3 N–H and O–H groups in total. The monoisotopic (exact) mass is 530 g/mol. The molecule has 0 fully saturated rings. The van der Waals surface area contributed by atoms with Crippen molar-refractivity contribution in [2.45, 2.75) is 19.3 Å². The minimum absolute atomic E-state index is 0.00291. The Labute approximate surface area is 226 Å². The first-order valence-corrected chi connectivity index (χ1v) is 12.6. The maximum Gasteiger partial charge on any atom is 0.303 e. The predicted molar refractivity (Wildman–Crippen MR) is 151 cm³/mol. The third kappa shape index (κ3) is 6.69. The summed E-state index contributed by atoms with van der Waals surface area (Å²) >= 11 is 0. The molecule has 1 heterocycles. The average Bonchev–Trinajstić information content (AvgIpc) is 3.23. The van der Waals surface area contributed by atoms with Gasteiger partial charge in [-0.1, -0.05) is 18.2 Å². The highest BCUT2D eigenvalue weighted by atomic mass is 19.1. The van der Waals surface area contributed by atoms with Crippen LogP contribution in [0.2, 0.25) is 0 Å². The second-order valence-corrected chi connectivity index (χ2v) is 9.67. The molecule has 1 aliphatic rings. The highest BCUT2D eigenvalue weighted by Gasteiger charge is 2.29. The van der Waals surface area contributed by atoms with Gasteiger partial charge in [-0.05, 0) is 80.2 Å². The van der Waals surface area contributed by atoms with E-state index in [0.29, 0.717) is 53.2 Å². The molecule has 0 radical (unpaired) electrons. The molecule has 0 aliphatic carbocycles. The van der Waals surface area contributed by atoms with Crippen LogP contribution in [0.3, 0.4) is 0 Å². The Morgan fingerprint density at radius 2 is 1.72 bits per heavy atom. The lowest BCUT2D eigenvalue weighted by Crippen LogP contribution is -2.29. The van der Waals surface area contributed by atoms with E-state index in [0.717, 1.165) is 11.3 Å². The Morgan fingerprint density at radius 1 is 0.974 bits per heavy atom. The van der Waals surface area contributed by atoms with E-state index in [9.17, 15) is 18.8 Å². The zero-order valence-electron chi connectivity index (χ0n) is 22.1. The first-order chi connectivity index (χ1) is 18.6. The van der Waals surface area contributed by atoms with Crippen molar-refractivity contribution in [3.63, 3.8) is 0 Å². The molecule has 0 saturated carbocycles. The van der Waals surface area contributed by atoms with E-state index in [2.05, 4.69) is 10.6 Å².